The zero-order valence-electron chi connectivity index (χ0n) is 16.0. The van der Waals surface area contributed by atoms with Crippen LogP contribution in [0.15, 0.2) is 41.2 Å². The van der Waals surface area contributed by atoms with E-state index < -0.39 is 41.6 Å². The van der Waals surface area contributed by atoms with Crippen LogP contribution in [0.2, 0.25) is 5.02 Å². The molecular formula is C21H15ClF3N3O3. The SMILES string of the molecule is Cc1cc(C(CO)c2ccc(Cl)c(Oc3cc(C#N)cc(C(F)F)c3)c2F)n[nH]c1=O. The second-order valence-electron chi connectivity index (χ2n) is 6.63. The van der Waals surface area contributed by atoms with Crippen molar-refractivity contribution in [2.75, 3.05) is 6.61 Å². The van der Waals surface area contributed by atoms with Crippen LogP contribution in [0.4, 0.5) is 13.2 Å². The number of nitriles is 1. The van der Waals surface area contributed by atoms with Gasteiger partial charge >= 0.3 is 0 Å². The van der Waals surface area contributed by atoms with Crippen LogP contribution in [0.5, 0.6) is 11.5 Å². The number of alkyl halides is 2. The Labute approximate surface area is 179 Å². The number of nitrogens with one attached hydrogen (secondary N) is 1. The molecule has 10 heteroatoms. The predicted octanol–water partition coefficient (Wildman–Crippen LogP) is 4.60. The second-order valence-corrected chi connectivity index (χ2v) is 7.03. The second kappa shape index (κ2) is 9.20. The molecule has 0 aliphatic rings. The molecular weight excluding hydrogens is 435 g/mol. The lowest BCUT2D eigenvalue weighted by Gasteiger charge is -2.18. The average Bonchev–Trinajstić information content (AvgIpc) is 2.75. The molecule has 1 aromatic heterocycles. The van der Waals surface area contributed by atoms with E-state index in [2.05, 4.69) is 10.2 Å². The molecule has 0 aliphatic heterocycles. The third kappa shape index (κ3) is 4.71. The lowest BCUT2D eigenvalue weighted by Crippen LogP contribution is -2.17. The van der Waals surface area contributed by atoms with E-state index in [1.165, 1.54) is 31.2 Å². The number of hydrogen-bond donors (Lipinski definition) is 2. The topological polar surface area (TPSA) is 99.0 Å². The van der Waals surface area contributed by atoms with Crippen molar-refractivity contribution in [3.8, 4) is 17.6 Å². The maximum Gasteiger partial charge on any atom is 0.267 e. The van der Waals surface area contributed by atoms with Gasteiger partial charge in [0.1, 0.15) is 5.75 Å². The molecule has 0 bridgehead atoms. The fourth-order valence-electron chi connectivity index (χ4n) is 2.95. The molecule has 0 aliphatic carbocycles. The maximum absolute atomic E-state index is 15.3. The first-order chi connectivity index (χ1) is 14.7. The van der Waals surface area contributed by atoms with E-state index in [1.54, 1.807) is 6.07 Å². The molecule has 0 spiro atoms. The monoisotopic (exact) mass is 449 g/mol. The van der Waals surface area contributed by atoms with Gasteiger partial charge in [-0.05, 0) is 37.3 Å². The number of aryl methyl sites for hydroxylation is 1. The molecule has 0 radical (unpaired) electrons. The number of aromatic amines is 1. The van der Waals surface area contributed by atoms with Gasteiger partial charge in [-0.1, -0.05) is 17.7 Å². The van der Waals surface area contributed by atoms with Crippen LogP contribution in [0, 0.1) is 24.1 Å². The number of ether oxygens (including phenoxy) is 1. The molecule has 1 heterocycles. The highest BCUT2D eigenvalue weighted by Gasteiger charge is 2.24. The lowest BCUT2D eigenvalue weighted by atomic mass is 9.95. The van der Waals surface area contributed by atoms with Gasteiger partial charge in [0.2, 0.25) is 0 Å². The number of H-pyrrole nitrogens is 1. The van der Waals surface area contributed by atoms with Crippen LogP contribution < -0.4 is 10.3 Å². The number of benzene rings is 2. The normalized spacial score (nSPS) is 11.9. The Morgan fingerprint density at radius 1 is 1.29 bits per heavy atom. The highest BCUT2D eigenvalue weighted by molar-refractivity contribution is 6.32. The Balaban J connectivity index is 2.07. The van der Waals surface area contributed by atoms with E-state index in [0.29, 0.717) is 5.56 Å². The van der Waals surface area contributed by atoms with E-state index >= 15 is 4.39 Å². The van der Waals surface area contributed by atoms with Crippen molar-refractivity contribution in [3.05, 3.63) is 85.5 Å². The van der Waals surface area contributed by atoms with Gasteiger partial charge < -0.3 is 9.84 Å². The van der Waals surface area contributed by atoms with E-state index in [-0.39, 0.29) is 27.6 Å². The van der Waals surface area contributed by atoms with Gasteiger partial charge in [-0.15, -0.1) is 0 Å². The van der Waals surface area contributed by atoms with Gasteiger partial charge in [-0.25, -0.2) is 18.3 Å². The first kappa shape index (κ1) is 22.3. The van der Waals surface area contributed by atoms with Gasteiger partial charge in [0.05, 0.1) is 34.9 Å². The Bertz CT molecular complexity index is 1220. The number of hydrogen-bond acceptors (Lipinski definition) is 5. The Kier molecular flexibility index (Phi) is 6.63. The summed E-state index contributed by atoms with van der Waals surface area (Å²) in [7, 11) is 0. The Hall–Kier alpha value is -3.35. The maximum atomic E-state index is 15.3. The van der Waals surface area contributed by atoms with Crippen LogP contribution in [0.25, 0.3) is 0 Å². The highest BCUT2D eigenvalue weighted by Crippen LogP contribution is 2.38. The van der Waals surface area contributed by atoms with Crippen molar-refractivity contribution in [2.24, 2.45) is 0 Å². The summed E-state index contributed by atoms with van der Waals surface area (Å²) < 4.78 is 47.0. The number of aromatic nitrogens is 2. The highest BCUT2D eigenvalue weighted by atomic mass is 35.5. The fourth-order valence-corrected chi connectivity index (χ4v) is 3.14. The fraction of sp³-hybridized carbons (Fsp3) is 0.190. The molecule has 3 rings (SSSR count). The van der Waals surface area contributed by atoms with Crippen molar-refractivity contribution < 1.29 is 23.0 Å². The molecule has 2 N–H and O–H groups in total. The molecule has 31 heavy (non-hydrogen) atoms. The van der Waals surface area contributed by atoms with Crippen LogP contribution >= 0.6 is 11.6 Å². The smallest absolute Gasteiger partial charge is 0.267 e. The Morgan fingerprint density at radius 2 is 2.03 bits per heavy atom. The summed E-state index contributed by atoms with van der Waals surface area (Å²) in [6.45, 7) is 0.990. The van der Waals surface area contributed by atoms with E-state index in [9.17, 15) is 18.7 Å². The van der Waals surface area contributed by atoms with Crippen LogP contribution in [0.1, 0.15) is 40.3 Å². The predicted molar refractivity (Wildman–Crippen MR) is 106 cm³/mol. The molecule has 0 saturated heterocycles. The number of aliphatic hydroxyl groups is 1. The summed E-state index contributed by atoms with van der Waals surface area (Å²) in [6.07, 6.45) is -2.87. The minimum Gasteiger partial charge on any atom is -0.453 e. The molecule has 0 amide bonds. The van der Waals surface area contributed by atoms with Crippen molar-refractivity contribution in [2.45, 2.75) is 19.3 Å². The first-order valence-electron chi connectivity index (χ1n) is 8.91. The van der Waals surface area contributed by atoms with Gasteiger partial charge in [0, 0.05) is 16.7 Å². The van der Waals surface area contributed by atoms with Crippen molar-refractivity contribution in [1.29, 1.82) is 5.26 Å². The van der Waals surface area contributed by atoms with Crippen molar-refractivity contribution in [1.82, 2.24) is 10.2 Å². The molecule has 0 saturated carbocycles. The summed E-state index contributed by atoms with van der Waals surface area (Å²) in [5.74, 6) is -2.57. The van der Waals surface area contributed by atoms with Gasteiger partial charge in [0.15, 0.2) is 11.6 Å². The third-order valence-electron chi connectivity index (χ3n) is 4.53. The zero-order valence-corrected chi connectivity index (χ0v) is 16.8. The molecule has 6 nitrogen and oxygen atoms in total. The van der Waals surface area contributed by atoms with E-state index in [0.717, 1.165) is 12.1 Å². The number of nitrogens with zero attached hydrogens (tertiary/aromatic N) is 2. The standard InChI is InChI=1S/C21H15ClF3N3O3/c1-10-4-17(27-28-21(10)30)15(9-29)14-2-3-16(22)19(18(14)23)31-13-6-11(8-26)5-12(7-13)20(24)25/h2-7,15,20,29H,9H2,1H3,(H,28,30). The van der Waals surface area contributed by atoms with Crippen LogP contribution in [0.3, 0.4) is 0 Å². The minimum atomic E-state index is -2.87. The van der Waals surface area contributed by atoms with Crippen molar-refractivity contribution >= 4 is 11.6 Å². The number of rotatable bonds is 6. The lowest BCUT2D eigenvalue weighted by molar-refractivity contribution is 0.151. The van der Waals surface area contributed by atoms with Crippen LogP contribution in [-0.4, -0.2) is 21.9 Å². The summed E-state index contributed by atoms with van der Waals surface area (Å²) in [4.78, 5) is 11.5. The molecule has 1 unspecified atom stereocenters. The minimum absolute atomic E-state index is 0.0358. The molecule has 2 aromatic carbocycles. The van der Waals surface area contributed by atoms with Gasteiger partial charge in [-0.3, -0.25) is 4.79 Å². The quantitative estimate of drug-likeness (QED) is 0.573. The largest absolute Gasteiger partial charge is 0.453 e. The summed E-state index contributed by atoms with van der Waals surface area (Å²) in [5.41, 5.74) is -0.496. The van der Waals surface area contributed by atoms with Gasteiger partial charge in [-0.2, -0.15) is 10.4 Å². The summed E-state index contributed by atoms with van der Waals surface area (Å²) in [6, 6.07) is 8.94. The van der Waals surface area contributed by atoms with E-state index in [4.69, 9.17) is 21.6 Å². The molecule has 3 aromatic rings. The summed E-state index contributed by atoms with van der Waals surface area (Å²) >= 11 is 6.06. The zero-order chi connectivity index (χ0) is 22.7. The van der Waals surface area contributed by atoms with Crippen molar-refractivity contribution in [3.63, 3.8) is 0 Å². The number of halogens is 4. The average molecular weight is 450 g/mol. The molecule has 1 atom stereocenters. The first-order valence-corrected chi connectivity index (χ1v) is 9.29. The van der Waals surface area contributed by atoms with Crippen LogP contribution in [-0.2, 0) is 0 Å². The number of aliphatic hydroxyl groups excluding tert-OH is 1. The molecule has 0 fully saturated rings. The third-order valence-corrected chi connectivity index (χ3v) is 4.83. The Morgan fingerprint density at radius 3 is 2.65 bits per heavy atom. The van der Waals surface area contributed by atoms with Gasteiger partial charge in [0.25, 0.3) is 12.0 Å². The van der Waals surface area contributed by atoms with E-state index in [1.807, 2.05) is 0 Å². The molecule has 160 valence electrons. The summed E-state index contributed by atoms with van der Waals surface area (Å²) in [5, 5.41) is 24.9.